The van der Waals surface area contributed by atoms with Crippen LogP contribution >= 0.6 is 0 Å². The summed E-state index contributed by atoms with van der Waals surface area (Å²) in [5, 5.41) is 0. The molecule has 12 heavy (non-hydrogen) atoms. The maximum atomic E-state index is 11.5. The molecule has 0 unspecified atom stereocenters. The minimum atomic E-state index is -3.05. The molecule has 1 fully saturated rings. The first-order valence-electron chi connectivity index (χ1n) is 4.31. The Labute approximate surface area is 73.8 Å². The van der Waals surface area contributed by atoms with Crippen molar-refractivity contribution in [3.05, 3.63) is 0 Å². The number of nitrogens with zero attached hydrogens (tertiary/aromatic N) is 1. The van der Waals surface area contributed by atoms with E-state index in [9.17, 15) is 8.42 Å². The average Bonchev–Trinajstić information content (AvgIpc) is 2.71. The van der Waals surface area contributed by atoms with Gasteiger partial charge in [0, 0.05) is 19.1 Å². The highest BCUT2D eigenvalue weighted by Gasteiger charge is 2.35. The Kier molecular flexibility index (Phi) is 3.09. The number of sulfonamides is 1. The minimum Gasteiger partial charge on any atom is -0.329 e. The molecule has 4 nitrogen and oxygen atoms in total. The van der Waals surface area contributed by atoms with Crippen LogP contribution in [-0.4, -0.2) is 37.6 Å². The predicted octanol–water partition coefficient (Wildman–Crippen LogP) is -0.241. The van der Waals surface area contributed by atoms with E-state index in [0.717, 1.165) is 12.8 Å². The van der Waals surface area contributed by atoms with Gasteiger partial charge in [0.15, 0.2) is 0 Å². The summed E-state index contributed by atoms with van der Waals surface area (Å²) in [7, 11) is -3.05. The molecule has 1 aliphatic rings. The van der Waals surface area contributed by atoms with Gasteiger partial charge in [-0.05, 0) is 12.8 Å². The topological polar surface area (TPSA) is 63.4 Å². The second-order valence-electron chi connectivity index (χ2n) is 3.04. The molecule has 0 saturated heterocycles. The molecule has 0 atom stereocenters. The Bertz CT molecular complexity index is 234. The highest BCUT2D eigenvalue weighted by molar-refractivity contribution is 7.89. The van der Waals surface area contributed by atoms with Gasteiger partial charge in [0.05, 0.1) is 5.75 Å². The summed E-state index contributed by atoms with van der Waals surface area (Å²) < 4.78 is 24.5. The Balaban J connectivity index is 2.62. The van der Waals surface area contributed by atoms with Gasteiger partial charge >= 0.3 is 0 Å². The minimum absolute atomic E-state index is 0.0807. The van der Waals surface area contributed by atoms with E-state index in [0.29, 0.717) is 6.54 Å². The lowest BCUT2D eigenvalue weighted by atomic mass is 10.6. The third-order valence-electron chi connectivity index (χ3n) is 2.00. The monoisotopic (exact) mass is 192 g/mol. The van der Waals surface area contributed by atoms with Crippen molar-refractivity contribution < 1.29 is 8.42 Å². The zero-order valence-corrected chi connectivity index (χ0v) is 8.18. The first kappa shape index (κ1) is 9.95. The summed E-state index contributed by atoms with van der Waals surface area (Å²) in [6.07, 6.45) is 2.02. The molecular formula is C7H16N2O2S. The highest BCUT2D eigenvalue weighted by atomic mass is 32.2. The zero-order chi connectivity index (χ0) is 9.19. The highest BCUT2D eigenvalue weighted by Crippen LogP contribution is 2.28. The summed E-state index contributed by atoms with van der Waals surface area (Å²) in [5.41, 5.74) is 5.22. The molecule has 72 valence electrons. The van der Waals surface area contributed by atoms with Crippen LogP contribution in [-0.2, 0) is 10.0 Å². The molecule has 1 rings (SSSR count). The molecule has 0 spiro atoms. The van der Waals surface area contributed by atoms with Crippen LogP contribution in [0.3, 0.4) is 0 Å². The molecule has 1 saturated carbocycles. The van der Waals surface area contributed by atoms with E-state index in [2.05, 4.69) is 0 Å². The van der Waals surface area contributed by atoms with Gasteiger partial charge in [0.1, 0.15) is 0 Å². The van der Waals surface area contributed by atoms with Gasteiger partial charge < -0.3 is 5.73 Å². The SMILES string of the molecule is CCN(C1CC1)S(=O)(=O)CCN. The first-order chi connectivity index (χ1) is 5.61. The van der Waals surface area contributed by atoms with E-state index < -0.39 is 10.0 Å². The van der Waals surface area contributed by atoms with Crippen LogP contribution in [0.4, 0.5) is 0 Å². The summed E-state index contributed by atoms with van der Waals surface area (Å²) >= 11 is 0. The molecule has 2 N–H and O–H groups in total. The van der Waals surface area contributed by atoms with E-state index in [1.165, 1.54) is 0 Å². The van der Waals surface area contributed by atoms with Crippen molar-refractivity contribution >= 4 is 10.0 Å². The van der Waals surface area contributed by atoms with Crippen molar-refractivity contribution in [2.45, 2.75) is 25.8 Å². The smallest absolute Gasteiger partial charge is 0.215 e. The molecule has 0 aliphatic heterocycles. The number of hydrogen-bond acceptors (Lipinski definition) is 3. The van der Waals surface area contributed by atoms with Crippen LogP contribution in [0.1, 0.15) is 19.8 Å². The van der Waals surface area contributed by atoms with Crippen LogP contribution in [0.2, 0.25) is 0 Å². The van der Waals surface area contributed by atoms with Crippen molar-refractivity contribution in [3.8, 4) is 0 Å². The first-order valence-corrected chi connectivity index (χ1v) is 5.92. The second-order valence-corrected chi connectivity index (χ2v) is 5.08. The largest absolute Gasteiger partial charge is 0.329 e. The molecule has 5 heteroatoms. The molecular weight excluding hydrogens is 176 g/mol. The fourth-order valence-corrected chi connectivity index (χ4v) is 2.90. The van der Waals surface area contributed by atoms with Crippen molar-refractivity contribution in [2.24, 2.45) is 5.73 Å². The van der Waals surface area contributed by atoms with Crippen molar-refractivity contribution in [1.82, 2.24) is 4.31 Å². The van der Waals surface area contributed by atoms with Crippen LogP contribution in [0, 0.1) is 0 Å². The van der Waals surface area contributed by atoms with Gasteiger partial charge in [-0.1, -0.05) is 6.92 Å². The predicted molar refractivity (Wildman–Crippen MR) is 48.2 cm³/mol. The average molecular weight is 192 g/mol. The Morgan fingerprint density at radius 3 is 2.42 bits per heavy atom. The molecule has 0 heterocycles. The standard InChI is InChI=1S/C7H16N2O2S/c1-2-9(7-3-4-7)12(10,11)6-5-8/h7H,2-6,8H2,1H3. The van der Waals surface area contributed by atoms with E-state index in [4.69, 9.17) is 5.73 Å². The molecule has 0 aromatic rings. The molecule has 1 aliphatic carbocycles. The lowest BCUT2D eigenvalue weighted by molar-refractivity contribution is 0.421. The fourth-order valence-electron chi connectivity index (χ4n) is 1.31. The normalized spacial score (nSPS) is 18.6. The van der Waals surface area contributed by atoms with E-state index in [-0.39, 0.29) is 18.3 Å². The number of nitrogens with two attached hydrogens (primary N) is 1. The van der Waals surface area contributed by atoms with Crippen molar-refractivity contribution in [2.75, 3.05) is 18.8 Å². The van der Waals surface area contributed by atoms with E-state index >= 15 is 0 Å². The fraction of sp³-hybridized carbons (Fsp3) is 1.00. The molecule has 0 aromatic heterocycles. The van der Waals surface area contributed by atoms with Crippen LogP contribution in [0.15, 0.2) is 0 Å². The third-order valence-corrected chi connectivity index (χ3v) is 4.02. The van der Waals surface area contributed by atoms with Gasteiger partial charge in [-0.2, -0.15) is 4.31 Å². The van der Waals surface area contributed by atoms with Crippen LogP contribution in [0.25, 0.3) is 0 Å². The van der Waals surface area contributed by atoms with E-state index in [1.807, 2.05) is 6.92 Å². The quantitative estimate of drug-likeness (QED) is 0.654. The number of rotatable bonds is 5. The Morgan fingerprint density at radius 2 is 2.08 bits per heavy atom. The summed E-state index contributed by atoms with van der Waals surface area (Å²) in [6.45, 7) is 2.66. The van der Waals surface area contributed by atoms with E-state index in [1.54, 1.807) is 4.31 Å². The van der Waals surface area contributed by atoms with Gasteiger partial charge in [-0.3, -0.25) is 0 Å². The second kappa shape index (κ2) is 3.72. The molecule has 0 aromatic carbocycles. The Hall–Kier alpha value is -0.130. The van der Waals surface area contributed by atoms with Crippen molar-refractivity contribution in [1.29, 1.82) is 0 Å². The van der Waals surface area contributed by atoms with Gasteiger partial charge in [0.25, 0.3) is 0 Å². The van der Waals surface area contributed by atoms with Gasteiger partial charge in [-0.25, -0.2) is 8.42 Å². The van der Waals surface area contributed by atoms with Crippen molar-refractivity contribution in [3.63, 3.8) is 0 Å². The number of hydrogen-bond donors (Lipinski definition) is 1. The Morgan fingerprint density at radius 1 is 1.50 bits per heavy atom. The molecule has 0 radical (unpaired) electrons. The van der Waals surface area contributed by atoms with Gasteiger partial charge in [-0.15, -0.1) is 0 Å². The summed E-state index contributed by atoms with van der Waals surface area (Å²) in [6, 6.07) is 0.270. The molecule has 0 amide bonds. The molecule has 0 bridgehead atoms. The summed E-state index contributed by atoms with van der Waals surface area (Å²) in [5.74, 6) is 0.0807. The lowest BCUT2D eigenvalue weighted by Gasteiger charge is -2.18. The maximum Gasteiger partial charge on any atom is 0.215 e. The summed E-state index contributed by atoms with van der Waals surface area (Å²) in [4.78, 5) is 0. The van der Waals surface area contributed by atoms with Gasteiger partial charge in [0.2, 0.25) is 10.0 Å². The maximum absolute atomic E-state index is 11.5. The van der Waals surface area contributed by atoms with Crippen LogP contribution in [0.5, 0.6) is 0 Å². The zero-order valence-electron chi connectivity index (χ0n) is 7.36. The van der Waals surface area contributed by atoms with Crippen LogP contribution < -0.4 is 5.73 Å². The third kappa shape index (κ3) is 2.18. The lowest BCUT2D eigenvalue weighted by Crippen LogP contribution is -2.36.